The molecule has 3 aromatic rings. The van der Waals surface area contributed by atoms with Gasteiger partial charge in [-0.1, -0.05) is 6.42 Å². The molecule has 2 aromatic heterocycles. The number of pyridine rings is 2. The Labute approximate surface area is 173 Å². The first-order chi connectivity index (χ1) is 14.4. The van der Waals surface area contributed by atoms with Gasteiger partial charge in [-0.05, 0) is 61.3 Å². The molecule has 154 valence electrons. The van der Waals surface area contributed by atoms with Gasteiger partial charge >= 0.3 is 0 Å². The number of aryl methyl sites for hydroxylation is 1. The Balaban J connectivity index is 1.52. The third-order valence-corrected chi connectivity index (χ3v) is 6.77. The number of hydrogen-bond acceptors (Lipinski definition) is 5. The normalized spacial score (nSPS) is 25.0. The molecule has 1 amide bonds. The summed E-state index contributed by atoms with van der Waals surface area (Å²) in [6.07, 6.45) is 7.43. The van der Waals surface area contributed by atoms with Crippen molar-refractivity contribution in [3.05, 3.63) is 48.2 Å². The van der Waals surface area contributed by atoms with Crippen LogP contribution in [0.5, 0.6) is 0 Å². The van der Waals surface area contributed by atoms with Crippen LogP contribution < -0.4 is 11.1 Å². The molecule has 6 nitrogen and oxygen atoms in total. The van der Waals surface area contributed by atoms with Crippen LogP contribution in [0.1, 0.15) is 31.2 Å². The molecule has 2 saturated carbocycles. The number of nitrogens with zero attached hydrogens (tertiary/aromatic N) is 2. The van der Waals surface area contributed by atoms with E-state index in [2.05, 4.69) is 15.3 Å². The first kappa shape index (κ1) is 18.9. The van der Waals surface area contributed by atoms with Crippen LogP contribution in [0.15, 0.2) is 36.8 Å². The fraction of sp³-hybridized carbons (Fsp3) is 0.348. The molecule has 0 spiro atoms. The van der Waals surface area contributed by atoms with Crippen molar-refractivity contribution >= 4 is 28.2 Å². The Morgan fingerprint density at radius 1 is 1.30 bits per heavy atom. The van der Waals surface area contributed by atoms with Crippen molar-refractivity contribution in [1.29, 1.82) is 0 Å². The van der Waals surface area contributed by atoms with Crippen LogP contribution in [0.3, 0.4) is 0 Å². The number of nitrogens with two attached hydrogens (primary N) is 1. The van der Waals surface area contributed by atoms with E-state index < -0.39 is 17.3 Å². The number of hydrogen-bond donors (Lipinski definition) is 3. The predicted molar refractivity (Wildman–Crippen MR) is 113 cm³/mol. The number of aromatic nitrogens is 2. The van der Waals surface area contributed by atoms with E-state index in [1.165, 1.54) is 6.20 Å². The van der Waals surface area contributed by atoms with Gasteiger partial charge in [-0.3, -0.25) is 9.78 Å². The van der Waals surface area contributed by atoms with Crippen molar-refractivity contribution in [1.82, 2.24) is 9.97 Å². The van der Waals surface area contributed by atoms with E-state index in [4.69, 9.17) is 5.73 Å². The average Bonchev–Trinajstić information content (AvgIpc) is 3.49. The van der Waals surface area contributed by atoms with Crippen LogP contribution in [0.25, 0.3) is 21.9 Å². The third-order valence-electron chi connectivity index (χ3n) is 6.77. The van der Waals surface area contributed by atoms with Crippen LogP contribution in [0, 0.1) is 24.1 Å². The summed E-state index contributed by atoms with van der Waals surface area (Å²) in [5.41, 5.74) is 7.30. The SMILES string of the molecule is Cc1ccncc1-c1cc2cc(NC(=O)[C@@]34C[C@@H]3CCC[C@H]4O)ncc2c(N)c1F. The van der Waals surface area contributed by atoms with E-state index in [1.54, 1.807) is 24.5 Å². The zero-order valence-electron chi connectivity index (χ0n) is 16.7. The second kappa shape index (κ2) is 6.74. The second-order valence-electron chi connectivity index (χ2n) is 8.48. The van der Waals surface area contributed by atoms with Crippen LogP contribution in [0.2, 0.25) is 0 Å². The third kappa shape index (κ3) is 2.76. The maximum Gasteiger partial charge on any atom is 0.234 e. The number of anilines is 2. The number of aliphatic hydroxyl groups excluding tert-OH is 1. The van der Waals surface area contributed by atoms with Gasteiger partial charge in [0.15, 0.2) is 5.82 Å². The summed E-state index contributed by atoms with van der Waals surface area (Å²) in [7, 11) is 0. The Morgan fingerprint density at radius 3 is 2.90 bits per heavy atom. The molecule has 30 heavy (non-hydrogen) atoms. The van der Waals surface area contributed by atoms with Gasteiger partial charge in [0.2, 0.25) is 5.91 Å². The molecule has 0 radical (unpaired) electrons. The summed E-state index contributed by atoms with van der Waals surface area (Å²) in [6.45, 7) is 1.88. The Morgan fingerprint density at radius 2 is 2.13 bits per heavy atom. The maximum atomic E-state index is 15.0. The summed E-state index contributed by atoms with van der Waals surface area (Å²) in [5.74, 6) is -0.0936. The number of carbonyl (C=O) groups excluding carboxylic acids is 1. The Bertz CT molecular complexity index is 1180. The first-order valence-electron chi connectivity index (χ1n) is 10.2. The molecular formula is C23H23FN4O2. The van der Waals surface area contributed by atoms with Crippen molar-refractivity contribution in [3.8, 4) is 11.1 Å². The lowest BCUT2D eigenvalue weighted by Gasteiger charge is -2.26. The quantitative estimate of drug-likeness (QED) is 0.574. The number of carbonyl (C=O) groups is 1. The first-order valence-corrected chi connectivity index (χ1v) is 10.2. The zero-order chi connectivity index (χ0) is 21.0. The minimum Gasteiger partial charge on any atom is -0.396 e. The molecule has 0 bridgehead atoms. The largest absolute Gasteiger partial charge is 0.396 e. The van der Waals surface area contributed by atoms with Crippen LogP contribution in [0.4, 0.5) is 15.9 Å². The fourth-order valence-electron chi connectivity index (χ4n) is 4.90. The van der Waals surface area contributed by atoms with Gasteiger partial charge in [0, 0.05) is 35.1 Å². The minimum atomic E-state index is -0.686. The lowest BCUT2D eigenvalue weighted by atomic mass is 9.85. The van der Waals surface area contributed by atoms with Crippen LogP contribution in [-0.4, -0.2) is 27.1 Å². The number of halogens is 1. The minimum absolute atomic E-state index is 0.0136. The highest BCUT2D eigenvalue weighted by molar-refractivity contribution is 6.01. The molecule has 5 rings (SSSR count). The van der Waals surface area contributed by atoms with Crippen molar-refractivity contribution in [2.45, 2.75) is 38.7 Å². The summed E-state index contributed by atoms with van der Waals surface area (Å²) < 4.78 is 15.0. The van der Waals surface area contributed by atoms with Crippen molar-refractivity contribution in [2.75, 3.05) is 11.1 Å². The van der Waals surface area contributed by atoms with Crippen molar-refractivity contribution in [3.63, 3.8) is 0 Å². The molecule has 2 fully saturated rings. The molecule has 0 aliphatic heterocycles. The van der Waals surface area contributed by atoms with E-state index in [-0.39, 0.29) is 17.5 Å². The van der Waals surface area contributed by atoms with Gasteiger partial charge in [-0.2, -0.15) is 0 Å². The summed E-state index contributed by atoms with van der Waals surface area (Å²) in [6, 6.07) is 5.21. The Hall–Kier alpha value is -3.06. The van der Waals surface area contributed by atoms with Gasteiger partial charge in [0.05, 0.1) is 17.2 Å². The summed E-state index contributed by atoms with van der Waals surface area (Å²) in [4.78, 5) is 21.3. The van der Waals surface area contributed by atoms with E-state index in [0.717, 1.165) is 24.8 Å². The highest BCUT2D eigenvalue weighted by atomic mass is 19.1. The number of amides is 1. The van der Waals surface area contributed by atoms with Gasteiger partial charge < -0.3 is 16.2 Å². The molecule has 3 atom stereocenters. The summed E-state index contributed by atoms with van der Waals surface area (Å²) >= 11 is 0. The molecule has 0 saturated heterocycles. The molecule has 7 heteroatoms. The van der Waals surface area contributed by atoms with Gasteiger partial charge in [-0.25, -0.2) is 9.37 Å². The van der Waals surface area contributed by atoms with E-state index in [1.807, 2.05) is 13.0 Å². The van der Waals surface area contributed by atoms with E-state index in [9.17, 15) is 14.3 Å². The van der Waals surface area contributed by atoms with Gasteiger partial charge in [0.1, 0.15) is 5.82 Å². The van der Waals surface area contributed by atoms with Crippen molar-refractivity contribution in [2.24, 2.45) is 11.3 Å². The molecule has 4 N–H and O–H groups in total. The molecule has 1 aromatic carbocycles. The standard InChI is InChI=1S/C23H23FN4O2/c1-12-5-6-26-10-16(12)15-7-13-8-19(27-11-17(13)21(25)20(15)24)28-22(30)23-9-14(23)3-2-4-18(23)29/h5-8,10-11,14,18,29H,2-4,9,25H2,1H3,(H,27,28,30)/t14-,18+,23-/m0/s1. The highest BCUT2D eigenvalue weighted by Gasteiger charge is 2.65. The second-order valence-corrected chi connectivity index (χ2v) is 8.48. The number of aliphatic hydroxyl groups is 1. The molecule has 2 aliphatic carbocycles. The van der Waals surface area contributed by atoms with Crippen LogP contribution in [-0.2, 0) is 4.79 Å². The average molecular weight is 406 g/mol. The lowest BCUT2D eigenvalue weighted by molar-refractivity contribution is -0.127. The number of rotatable bonds is 3. The number of nitrogens with one attached hydrogen (secondary N) is 1. The predicted octanol–water partition coefficient (Wildman–Crippen LogP) is 3.82. The molecule has 0 unspecified atom stereocenters. The number of fused-ring (bicyclic) bond motifs is 2. The van der Waals surface area contributed by atoms with E-state index >= 15 is 0 Å². The molecule has 2 heterocycles. The smallest absolute Gasteiger partial charge is 0.234 e. The highest BCUT2D eigenvalue weighted by Crippen LogP contribution is 2.61. The van der Waals surface area contributed by atoms with Crippen molar-refractivity contribution < 1.29 is 14.3 Å². The van der Waals surface area contributed by atoms with E-state index in [0.29, 0.717) is 34.1 Å². The monoisotopic (exact) mass is 406 g/mol. The summed E-state index contributed by atoms with van der Waals surface area (Å²) in [5, 5.41) is 14.4. The van der Waals surface area contributed by atoms with Crippen LogP contribution >= 0.6 is 0 Å². The molecule has 2 aliphatic rings. The number of benzene rings is 1. The maximum absolute atomic E-state index is 15.0. The topological polar surface area (TPSA) is 101 Å². The Kier molecular flexibility index (Phi) is 4.25. The fourth-order valence-corrected chi connectivity index (χ4v) is 4.90. The van der Waals surface area contributed by atoms with Gasteiger partial charge in [-0.15, -0.1) is 0 Å². The zero-order valence-corrected chi connectivity index (χ0v) is 16.7. The van der Waals surface area contributed by atoms with Gasteiger partial charge in [0.25, 0.3) is 0 Å². The number of nitrogen functional groups attached to an aromatic ring is 1. The molecular weight excluding hydrogens is 383 g/mol. The lowest BCUT2D eigenvalue weighted by Crippen LogP contribution is -2.38.